The Morgan fingerprint density at radius 1 is 1.33 bits per heavy atom. The highest BCUT2D eigenvalue weighted by Crippen LogP contribution is 2.38. The van der Waals surface area contributed by atoms with Crippen molar-refractivity contribution in [1.82, 2.24) is 4.98 Å². The maximum absolute atomic E-state index is 9.81. The largest absolute Gasteiger partial charge is 0.393 e. The van der Waals surface area contributed by atoms with Crippen LogP contribution in [-0.4, -0.2) is 33.3 Å². The molecular weight excluding hydrogens is 246 g/mol. The van der Waals surface area contributed by atoms with E-state index in [0.29, 0.717) is 22.8 Å². The lowest BCUT2D eigenvalue weighted by Gasteiger charge is -2.38. The summed E-state index contributed by atoms with van der Waals surface area (Å²) in [4.78, 5) is 7.22. The number of thiocarbonyl (C=S) groups is 1. The summed E-state index contributed by atoms with van der Waals surface area (Å²) in [7, 11) is 0. The molecule has 2 atom stereocenters. The second-order valence-electron chi connectivity index (χ2n) is 5.16. The summed E-state index contributed by atoms with van der Waals surface area (Å²) >= 11 is 4.97. The van der Waals surface area contributed by atoms with Gasteiger partial charge in [0.1, 0.15) is 10.8 Å². The Labute approximate surface area is 112 Å². The van der Waals surface area contributed by atoms with Crippen molar-refractivity contribution in [2.45, 2.75) is 43.9 Å². The van der Waals surface area contributed by atoms with Crippen molar-refractivity contribution >= 4 is 23.0 Å². The van der Waals surface area contributed by atoms with Crippen LogP contribution in [0, 0.1) is 0 Å². The SMILES string of the molecule is NC(=S)c1cccc(N2C3CCC2CC(O)C3)n1. The number of aliphatic hydroxyl groups excluding tert-OH is 1. The zero-order valence-electron chi connectivity index (χ0n) is 10.1. The molecular formula is C13H17N3OS. The highest BCUT2D eigenvalue weighted by Gasteiger charge is 2.40. The summed E-state index contributed by atoms with van der Waals surface area (Å²) in [5.41, 5.74) is 6.30. The molecule has 2 aliphatic rings. The number of hydrogen-bond acceptors (Lipinski definition) is 4. The molecule has 2 unspecified atom stereocenters. The second kappa shape index (κ2) is 4.48. The third-order valence-electron chi connectivity index (χ3n) is 3.96. The number of pyridine rings is 1. The molecule has 2 aliphatic heterocycles. The fourth-order valence-corrected chi connectivity index (χ4v) is 3.34. The first kappa shape index (κ1) is 11.9. The predicted molar refractivity (Wildman–Crippen MR) is 74.7 cm³/mol. The lowest BCUT2D eigenvalue weighted by Crippen LogP contribution is -2.45. The highest BCUT2D eigenvalue weighted by molar-refractivity contribution is 7.80. The van der Waals surface area contributed by atoms with Crippen LogP contribution in [-0.2, 0) is 0 Å². The molecule has 1 aromatic heterocycles. The number of nitrogens with two attached hydrogens (primary N) is 1. The lowest BCUT2D eigenvalue weighted by atomic mass is 10.00. The van der Waals surface area contributed by atoms with E-state index in [2.05, 4.69) is 9.88 Å². The number of hydrogen-bond donors (Lipinski definition) is 2. The van der Waals surface area contributed by atoms with E-state index < -0.39 is 0 Å². The maximum atomic E-state index is 9.81. The number of nitrogens with zero attached hydrogens (tertiary/aromatic N) is 2. The minimum atomic E-state index is -0.155. The van der Waals surface area contributed by atoms with E-state index in [-0.39, 0.29) is 6.10 Å². The quantitative estimate of drug-likeness (QED) is 0.785. The minimum absolute atomic E-state index is 0.155. The molecule has 0 aliphatic carbocycles. The van der Waals surface area contributed by atoms with Gasteiger partial charge in [-0.1, -0.05) is 18.3 Å². The van der Waals surface area contributed by atoms with Crippen molar-refractivity contribution in [2.75, 3.05) is 4.90 Å². The molecule has 0 saturated carbocycles. The highest BCUT2D eigenvalue weighted by atomic mass is 32.1. The Kier molecular flexibility index (Phi) is 2.95. The average Bonchev–Trinajstić information content (AvgIpc) is 2.62. The molecule has 5 heteroatoms. The Morgan fingerprint density at radius 2 is 2.00 bits per heavy atom. The average molecular weight is 263 g/mol. The van der Waals surface area contributed by atoms with Gasteiger partial charge in [0, 0.05) is 12.1 Å². The second-order valence-corrected chi connectivity index (χ2v) is 5.60. The van der Waals surface area contributed by atoms with Crippen LogP contribution in [0.15, 0.2) is 18.2 Å². The van der Waals surface area contributed by atoms with Gasteiger partial charge in [0.2, 0.25) is 0 Å². The Morgan fingerprint density at radius 3 is 2.61 bits per heavy atom. The van der Waals surface area contributed by atoms with Crippen LogP contribution in [0.4, 0.5) is 5.82 Å². The van der Waals surface area contributed by atoms with E-state index in [1.807, 2.05) is 18.2 Å². The van der Waals surface area contributed by atoms with Crippen LogP contribution in [0.1, 0.15) is 31.4 Å². The van der Waals surface area contributed by atoms with Gasteiger partial charge in [-0.25, -0.2) is 4.98 Å². The van der Waals surface area contributed by atoms with Crippen molar-refractivity contribution in [3.8, 4) is 0 Å². The summed E-state index contributed by atoms with van der Waals surface area (Å²) in [5, 5.41) is 9.81. The van der Waals surface area contributed by atoms with Gasteiger partial charge < -0.3 is 15.7 Å². The summed E-state index contributed by atoms with van der Waals surface area (Å²) < 4.78 is 0. The first-order valence-corrected chi connectivity index (χ1v) is 6.79. The predicted octanol–water partition coefficient (Wildman–Crippen LogP) is 1.21. The Bertz CT molecular complexity index is 465. The number of piperidine rings is 1. The van der Waals surface area contributed by atoms with Gasteiger partial charge >= 0.3 is 0 Å². The molecule has 3 heterocycles. The summed E-state index contributed by atoms with van der Waals surface area (Å²) in [6.07, 6.45) is 3.81. The van der Waals surface area contributed by atoms with E-state index in [0.717, 1.165) is 31.5 Å². The molecule has 3 rings (SSSR count). The van der Waals surface area contributed by atoms with Crippen LogP contribution in [0.5, 0.6) is 0 Å². The standard InChI is InChI=1S/C13H17N3OS/c14-13(18)11-2-1-3-12(15-11)16-8-4-5-9(16)7-10(17)6-8/h1-3,8-10,17H,4-7H2,(H2,14,18). The Hall–Kier alpha value is -1.20. The first-order chi connectivity index (χ1) is 8.65. The van der Waals surface area contributed by atoms with Crippen LogP contribution in [0.3, 0.4) is 0 Å². The summed E-state index contributed by atoms with van der Waals surface area (Å²) in [6, 6.07) is 6.61. The fraction of sp³-hybridized carbons (Fsp3) is 0.538. The molecule has 2 bridgehead atoms. The van der Waals surface area contributed by atoms with Crippen molar-refractivity contribution < 1.29 is 5.11 Å². The lowest BCUT2D eigenvalue weighted by molar-refractivity contribution is 0.126. The molecule has 0 aromatic carbocycles. The van der Waals surface area contributed by atoms with Gasteiger partial charge in [0.15, 0.2) is 0 Å². The Balaban J connectivity index is 1.91. The van der Waals surface area contributed by atoms with Crippen molar-refractivity contribution in [1.29, 1.82) is 0 Å². The van der Waals surface area contributed by atoms with Gasteiger partial charge in [-0.3, -0.25) is 0 Å². The van der Waals surface area contributed by atoms with Crippen LogP contribution >= 0.6 is 12.2 Å². The van der Waals surface area contributed by atoms with Crippen LogP contribution in [0.2, 0.25) is 0 Å². The number of fused-ring (bicyclic) bond motifs is 2. The number of aliphatic hydroxyl groups is 1. The van der Waals surface area contributed by atoms with E-state index >= 15 is 0 Å². The van der Waals surface area contributed by atoms with E-state index in [9.17, 15) is 5.11 Å². The first-order valence-electron chi connectivity index (χ1n) is 6.38. The maximum Gasteiger partial charge on any atom is 0.129 e. The van der Waals surface area contributed by atoms with E-state index in [1.54, 1.807) is 0 Å². The molecule has 2 saturated heterocycles. The van der Waals surface area contributed by atoms with Gasteiger partial charge in [0.05, 0.1) is 11.8 Å². The van der Waals surface area contributed by atoms with Crippen LogP contribution < -0.4 is 10.6 Å². The van der Waals surface area contributed by atoms with Gasteiger partial charge in [0.25, 0.3) is 0 Å². The molecule has 3 N–H and O–H groups in total. The monoisotopic (exact) mass is 263 g/mol. The molecule has 18 heavy (non-hydrogen) atoms. The fourth-order valence-electron chi connectivity index (χ4n) is 3.23. The summed E-state index contributed by atoms with van der Waals surface area (Å²) in [6.45, 7) is 0. The minimum Gasteiger partial charge on any atom is -0.393 e. The van der Waals surface area contributed by atoms with Crippen molar-refractivity contribution in [3.63, 3.8) is 0 Å². The topological polar surface area (TPSA) is 62.4 Å². The molecule has 0 amide bonds. The van der Waals surface area contributed by atoms with Crippen molar-refractivity contribution in [3.05, 3.63) is 23.9 Å². The molecule has 96 valence electrons. The molecule has 0 spiro atoms. The van der Waals surface area contributed by atoms with Crippen LogP contribution in [0.25, 0.3) is 0 Å². The summed E-state index contributed by atoms with van der Waals surface area (Å²) in [5.74, 6) is 0.944. The van der Waals surface area contributed by atoms with Crippen molar-refractivity contribution in [2.24, 2.45) is 5.73 Å². The zero-order valence-corrected chi connectivity index (χ0v) is 10.9. The van der Waals surface area contributed by atoms with E-state index in [1.165, 1.54) is 0 Å². The third kappa shape index (κ3) is 1.97. The molecule has 0 radical (unpaired) electrons. The number of aromatic nitrogens is 1. The normalized spacial score (nSPS) is 30.5. The number of anilines is 1. The van der Waals surface area contributed by atoms with Gasteiger partial charge in [-0.15, -0.1) is 0 Å². The molecule has 1 aromatic rings. The zero-order chi connectivity index (χ0) is 12.7. The van der Waals surface area contributed by atoms with E-state index in [4.69, 9.17) is 18.0 Å². The number of rotatable bonds is 2. The molecule has 4 nitrogen and oxygen atoms in total. The molecule has 2 fully saturated rings. The third-order valence-corrected chi connectivity index (χ3v) is 4.17. The van der Waals surface area contributed by atoms with Gasteiger partial charge in [-0.2, -0.15) is 0 Å². The van der Waals surface area contributed by atoms with Gasteiger partial charge in [-0.05, 0) is 37.8 Å². The smallest absolute Gasteiger partial charge is 0.129 e.